The number of allylic oxidation sites excluding steroid dienone is 1. The molecule has 0 aliphatic heterocycles. The van der Waals surface area contributed by atoms with Gasteiger partial charge in [0.25, 0.3) is 0 Å². The van der Waals surface area contributed by atoms with Crippen LogP contribution in [0.3, 0.4) is 0 Å². The van der Waals surface area contributed by atoms with E-state index in [0.717, 1.165) is 12.8 Å². The van der Waals surface area contributed by atoms with E-state index in [4.69, 9.17) is 4.74 Å². The van der Waals surface area contributed by atoms with Crippen LogP contribution in [0.25, 0.3) is 0 Å². The number of carbonyl (C=O) groups excluding carboxylic acids is 1. The minimum Gasteiger partial charge on any atom is -0.380 e. The molecule has 1 aliphatic rings. The lowest BCUT2D eigenvalue weighted by atomic mass is 10.1. The van der Waals surface area contributed by atoms with Crippen LogP contribution in [0.2, 0.25) is 0 Å². The summed E-state index contributed by atoms with van der Waals surface area (Å²) in [6.45, 7) is 0.688. The predicted molar refractivity (Wildman–Crippen MR) is 43.4 cm³/mol. The Morgan fingerprint density at radius 2 is 2.27 bits per heavy atom. The maximum Gasteiger partial charge on any atom is 0.133 e. The van der Waals surface area contributed by atoms with Gasteiger partial charge >= 0.3 is 0 Å². The first-order valence-electron chi connectivity index (χ1n) is 4.01. The number of ether oxygens (including phenoxy) is 1. The minimum atomic E-state index is 0.382. The third kappa shape index (κ3) is 2.85. The van der Waals surface area contributed by atoms with Crippen LogP contribution in [-0.2, 0) is 9.53 Å². The Balaban J connectivity index is 2.41. The molecule has 0 aromatic carbocycles. The first-order valence-corrected chi connectivity index (χ1v) is 4.01. The second-order valence-corrected chi connectivity index (χ2v) is 2.87. The van der Waals surface area contributed by atoms with Crippen molar-refractivity contribution in [3.63, 3.8) is 0 Å². The van der Waals surface area contributed by atoms with Gasteiger partial charge in [-0.25, -0.2) is 0 Å². The van der Waals surface area contributed by atoms with E-state index in [2.05, 4.69) is 6.08 Å². The lowest BCUT2D eigenvalue weighted by Gasteiger charge is -2.01. The molecule has 0 radical (unpaired) electrons. The highest BCUT2D eigenvalue weighted by atomic mass is 16.5. The SMILES string of the molecule is COCC1=CCCC(=O)CC1. The maximum absolute atomic E-state index is 11.0. The lowest BCUT2D eigenvalue weighted by Crippen LogP contribution is -1.96. The Kier molecular flexibility index (Phi) is 3.30. The molecule has 0 saturated carbocycles. The average Bonchev–Trinajstić information content (AvgIpc) is 2.17. The first-order chi connectivity index (χ1) is 5.33. The van der Waals surface area contributed by atoms with Gasteiger partial charge < -0.3 is 4.74 Å². The number of hydrogen-bond acceptors (Lipinski definition) is 2. The van der Waals surface area contributed by atoms with Crippen molar-refractivity contribution >= 4 is 5.78 Å². The fraction of sp³-hybridized carbons (Fsp3) is 0.667. The molecular formula is C9H14O2. The molecule has 1 rings (SSSR count). The monoisotopic (exact) mass is 154 g/mol. The van der Waals surface area contributed by atoms with E-state index in [1.807, 2.05) is 0 Å². The van der Waals surface area contributed by atoms with Gasteiger partial charge in [-0.05, 0) is 18.4 Å². The van der Waals surface area contributed by atoms with E-state index in [1.54, 1.807) is 7.11 Å². The molecule has 0 amide bonds. The molecule has 2 nitrogen and oxygen atoms in total. The predicted octanol–water partition coefficient (Wildman–Crippen LogP) is 1.70. The van der Waals surface area contributed by atoms with E-state index in [-0.39, 0.29) is 0 Å². The van der Waals surface area contributed by atoms with Crippen LogP contribution in [0, 0.1) is 0 Å². The van der Waals surface area contributed by atoms with Crippen molar-refractivity contribution in [3.8, 4) is 0 Å². The van der Waals surface area contributed by atoms with E-state index in [1.165, 1.54) is 5.57 Å². The first kappa shape index (κ1) is 8.47. The smallest absolute Gasteiger partial charge is 0.133 e. The summed E-state index contributed by atoms with van der Waals surface area (Å²) < 4.78 is 4.99. The second-order valence-electron chi connectivity index (χ2n) is 2.87. The molecule has 0 aromatic heterocycles. The highest BCUT2D eigenvalue weighted by Crippen LogP contribution is 2.14. The highest BCUT2D eigenvalue weighted by molar-refractivity contribution is 5.79. The van der Waals surface area contributed by atoms with Crippen molar-refractivity contribution in [1.29, 1.82) is 0 Å². The van der Waals surface area contributed by atoms with Gasteiger partial charge in [-0.2, -0.15) is 0 Å². The van der Waals surface area contributed by atoms with Gasteiger partial charge in [-0.1, -0.05) is 6.08 Å². The van der Waals surface area contributed by atoms with Gasteiger partial charge in [0, 0.05) is 20.0 Å². The summed E-state index contributed by atoms with van der Waals surface area (Å²) in [5.74, 6) is 0.382. The second kappa shape index (κ2) is 4.29. The summed E-state index contributed by atoms with van der Waals surface area (Å²) in [5, 5.41) is 0. The number of hydrogen-bond donors (Lipinski definition) is 0. The molecule has 0 heterocycles. The molecule has 11 heavy (non-hydrogen) atoms. The van der Waals surface area contributed by atoms with Crippen LogP contribution < -0.4 is 0 Å². The summed E-state index contributed by atoms with van der Waals surface area (Å²) in [6.07, 6.45) is 5.35. The zero-order chi connectivity index (χ0) is 8.10. The van der Waals surface area contributed by atoms with E-state index in [0.29, 0.717) is 25.2 Å². The van der Waals surface area contributed by atoms with Crippen molar-refractivity contribution in [2.24, 2.45) is 0 Å². The Labute approximate surface area is 67.2 Å². The molecule has 0 atom stereocenters. The largest absolute Gasteiger partial charge is 0.380 e. The number of ketones is 1. The third-order valence-corrected chi connectivity index (χ3v) is 1.91. The van der Waals surface area contributed by atoms with Gasteiger partial charge in [-0.15, -0.1) is 0 Å². The van der Waals surface area contributed by atoms with Crippen LogP contribution in [0.1, 0.15) is 25.7 Å². The molecule has 0 aromatic rings. The summed E-state index contributed by atoms with van der Waals surface area (Å²) in [5.41, 5.74) is 1.28. The number of carbonyl (C=O) groups is 1. The number of Topliss-reactive ketones (excluding diaryl/α,β-unsaturated/α-hetero) is 1. The van der Waals surface area contributed by atoms with Gasteiger partial charge in [-0.3, -0.25) is 4.79 Å². The number of methoxy groups -OCH3 is 1. The van der Waals surface area contributed by atoms with Crippen molar-refractivity contribution in [2.75, 3.05) is 13.7 Å². The van der Waals surface area contributed by atoms with Crippen LogP contribution in [0.15, 0.2) is 11.6 Å². The van der Waals surface area contributed by atoms with Gasteiger partial charge in [0.05, 0.1) is 6.61 Å². The van der Waals surface area contributed by atoms with Crippen molar-refractivity contribution in [3.05, 3.63) is 11.6 Å². The normalized spacial score (nSPS) is 19.4. The molecule has 2 heteroatoms. The Bertz CT molecular complexity index is 170. The molecule has 62 valence electrons. The fourth-order valence-corrected chi connectivity index (χ4v) is 1.28. The summed E-state index contributed by atoms with van der Waals surface area (Å²) in [6, 6.07) is 0. The molecule has 0 saturated heterocycles. The Hall–Kier alpha value is -0.630. The van der Waals surface area contributed by atoms with E-state index < -0.39 is 0 Å². The third-order valence-electron chi connectivity index (χ3n) is 1.91. The topological polar surface area (TPSA) is 26.3 Å². The lowest BCUT2D eigenvalue weighted by molar-refractivity contribution is -0.118. The van der Waals surface area contributed by atoms with Crippen molar-refractivity contribution in [1.82, 2.24) is 0 Å². The van der Waals surface area contributed by atoms with E-state index in [9.17, 15) is 4.79 Å². The van der Waals surface area contributed by atoms with Crippen molar-refractivity contribution < 1.29 is 9.53 Å². The average molecular weight is 154 g/mol. The standard InChI is InChI=1S/C9H14O2/c1-11-7-8-3-2-4-9(10)6-5-8/h3H,2,4-7H2,1H3. The van der Waals surface area contributed by atoms with Crippen LogP contribution in [0.4, 0.5) is 0 Å². The maximum atomic E-state index is 11.0. The highest BCUT2D eigenvalue weighted by Gasteiger charge is 2.07. The Morgan fingerprint density at radius 3 is 3.00 bits per heavy atom. The fourth-order valence-electron chi connectivity index (χ4n) is 1.28. The molecule has 0 spiro atoms. The molecule has 0 bridgehead atoms. The van der Waals surface area contributed by atoms with Gasteiger partial charge in [0.2, 0.25) is 0 Å². The summed E-state index contributed by atoms with van der Waals surface area (Å²) in [4.78, 5) is 11.0. The zero-order valence-corrected chi connectivity index (χ0v) is 6.93. The van der Waals surface area contributed by atoms with Crippen LogP contribution in [-0.4, -0.2) is 19.5 Å². The summed E-state index contributed by atoms with van der Waals surface area (Å²) >= 11 is 0. The van der Waals surface area contributed by atoms with E-state index >= 15 is 0 Å². The molecular weight excluding hydrogens is 140 g/mol. The quantitative estimate of drug-likeness (QED) is 0.566. The zero-order valence-electron chi connectivity index (χ0n) is 6.93. The summed E-state index contributed by atoms with van der Waals surface area (Å²) in [7, 11) is 1.69. The molecule has 0 fully saturated rings. The molecule has 0 unspecified atom stereocenters. The van der Waals surface area contributed by atoms with Crippen molar-refractivity contribution in [2.45, 2.75) is 25.7 Å². The Morgan fingerprint density at radius 1 is 1.45 bits per heavy atom. The molecule has 0 N–H and O–H groups in total. The number of rotatable bonds is 2. The van der Waals surface area contributed by atoms with Crippen LogP contribution in [0.5, 0.6) is 0 Å². The van der Waals surface area contributed by atoms with Gasteiger partial charge in [0.1, 0.15) is 5.78 Å². The minimum absolute atomic E-state index is 0.382. The van der Waals surface area contributed by atoms with Crippen LogP contribution >= 0.6 is 0 Å². The molecule has 1 aliphatic carbocycles. The van der Waals surface area contributed by atoms with Gasteiger partial charge in [0.15, 0.2) is 0 Å².